The Labute approximate surface area is 77.1 Å². The fourth-order valence-corrected chi connectivity index (χ4v) is 1.03. The molecule has 0 aliphatic rings. The Morgan fingerprint density at radius 3 is 2.38 bits per heavy atom. The Balaban J connectivity index is 4.55. The van der Waals surface area contributed by atoms with E-state index in [1.165, 1.54) is 18.2 Å². The van der Waals surface area contributed by atoms with Crippen molar-refractivity contribution in [3.63, 3.8) is 0 Å². The van der Waals surface area contributed by atoms with Crippen LogP contribution >= 0.6 is 0 Å². The van der Waals surface area contributed by atoms with Gasteiger partial charge in [-0.3, -0.25) is 0 Å². The van der Waals surface area contributed by atoms with Crippen LogP contribution in [0.15, 0.2) is 22.6 Å². The molecule has 0 aromatic carbocycles. The van der Waals surface area contributed by atoms with Crippen LogP contribution in [0, 0.1) is 0 Å². The lowest BCUT2D eigenvalue weighted by Crippen LogP contribution is -2.19. The van der Waals surface area contributed by atoms with E-state index in [0.717, 1.165) is 6.42 Å². The summed E-state index contributed by atoms with van der Waals surface area (Å²) in [5.41, 5.74) is 0. The summed E-state index contributed by atoms with van der Waals surface area (Å²) in [6.45, 7) is 5.46. The van der Waals surface area contributed by atoms with E-state index in [0.29, 0.717) is 6.42 Å². The number of rotatable bonds is 6. The molecular formula is C9H12N2O2. The van der Waals surface area contributed by atoms with Gasteiger partial charge in [0.15, 0.2) is 0 Å². The van der Waals surface area contributed by atoms with Crippen LogP contribution in [-0.2, 0) is 9.59 Å². The van der Waals surface area contributed by atoms with E-state index in [4.69, 9.17) is 0 Å². The normalized spacial score (nSPS) is 13.3. The van der Waals surface area contributed by atoms with Crippen LogP contribution < -0.4 is 0 Å². The maximum absolute atomic E-state index is 10.0. The van der Waals surface area contributed by atoms with E-state index in [-0.39, 0.29) is 6.04 Å². The molecule has 0 aromatic rings. The first kappa shape index (κ1) is 11.5. The van der Waals surface area contributed by atoms with Crippen LogP contribution in [0.5, 0.6) is 0 Å². The van der Waals surface area contributed by atoms with Gasteiger partial charge < -0.3 is 0 Å². The van der Waals surface area contributed by atoms with Crippen LogP contribution in [0.1, 0.15) is 19.8 Å². The van der Waals surface area contributed by atoms with E-state index < -0.39 is 6.04 Å². The monoisotopic (exact) mass is 180 g/mol. The number of isocyanates is 2. The van der Waals surface area contributed by atoms with Crippen LogP contribution in [-0.4, -0.2) is 24.2 Å². The lowest BCUT2D eigenvalue weighted by Gasteiger charge is -2.12. The minimum Gasteiger partial charge on any atom is -0.211 e. The van der Waals surface area contributed by atoms with Gasteiger partial charge in [0.2, 0.25) is 12.2 Å². The first-order chi connectivity index (χ1) is 6.29. The second-order valence-corrected chi connectivity index (χ2v) is 2.52. The van der Waals surface area contributed by atoms with E-state index in [1.54, 1.807) is 0 Å². The molecular weight excluding hydrogens is 168 g/mol. The highest BCUT2D eigenvalue weighted by Gasteiger charge is 2.15. The lowest BCUT2D eigenvalue weighted by atomic mass is 10.1. The Bertz CT molecular complexity index is 250. The van der Waals surface area contributed by atoms with Crippen LogP contribution in [0.3, 0.4) is 0 Å². The molecule has 0 rings (SSSR count). The molecule has 0 saturated heterocycles. The predicted molar refractivity (Wildman–Crippen MR) is 48.9 cm³/mol. The minimum atomic E-state index is -0.459. The number of carbonyl (C=O) groups excluding carboxylic acids is 2. The Kier molecular flexibility index (Phi) is 6.34. The molecule has 0 radical (unpaired) electrons. The summed E-state index contributed by atoms with van der Waals surface area (Å²) >= 11 is 0. The van der Waals surface area contributed by atoms with Crippen molar-refractivity contribution in [3.05, 3.63) is 12.7 Å². The Morgan fingerprint density at radius 1 is 1.38 bits per heavy atom. The van der Waals surface area contributed by atoms with Gasteiger partial charge in [-0.2, -0.15) is 9.98 Å². The quantitative estimate of drug-likeness (QED) is 0.352. The van der Waals surface area contributed by atoms with Gasteiger partial charge in [-0.1, -0.05) is 19.4 Å². The van der Waals surface area contributed by atoms with Gasteiger partial charge in [-0.15, -0.1) is 6.58 Å². The third-order valence-corrected chi connectivity index (χ3v) is 1.64. The van der Waals surface area contributed by atoms with Crippen molar-refractivity contribution in [2.75, 3.05) is 0 Å². The highest BCUT2D eigenvalue weighted by Crippen LogP contribution is 2.10. The van der Waals surface area contributed by atoms with E-state index in [9.17, 15) is 9.59 Å². The van der Waals surface area contributed by atoms with Crippen molar-refractivity contribution >= 4 is 12.2 Å². The molecule has 0 aromatic heterocycles. The smallest absolute Gasteiger partial charge is 0.211 e. The maximum atomic E-state index is 10.0. The molecule has 4 nitrogen and oxygen atoms in total. The van der Waals surface area contributed by atoms with Gasteiger partial charge in [0.25, 0.3) is 0 Å². The first-order valence-corrected chi connectivity index (χ1v) is 4.06. The largest absolute Gasteiger partial charge is 0.235 e. The zero-order valence-electron chi connectivity index (χ0n) is 7.56. The number of hydrogen-bond donors (Lipinski definition) is 0. The van der Waals surface area contributed by atoms with E-state index >= 15 is 0 Å². The van der Waals surface area contributed by atoms with E-state index in [1.807, 2.05) is 6.92 Å². The van der Waals surface area contributed by atoms with E-state index in [2.05, 4.69) is 16.6 Å². The van der Waals surface area contributed by atoms with Gasteiger partial charge in [0.05, 0.1) is 6.04 Å². The second kappa shape index (κ2) is 7.17. The molecule has 0 amide bonds. The van der Waals surface area contributed by atoms with Crippen LogP contribution in [0.4, 0.5) is 0 Å². The molecule has 0 aliphatic heterocycles. The summed E-state index contributed by atoms with van der Waals surface area (Å²) in [5, 5.41) is 0. The number of nitrogens with zero attached hydrogens (tertiary/aromatic N) is 2. The average molecular weight is 180 g/mol. The molecule has 13 heavy (non-hydrogen) atoms. The molecule has 0 aliphatic carbocycles. The van der Waals surface area contributed by atoms with Gasteiger partial charge in [-0.25, -0.2) is 9.59 Å². The molecule has 0 fully saturated rings. The third-order valence-electron chi connectivity index (χ3n) is 1.64. The van der Waals surface area contributed by atoms with Crippen molar-refractivity contribution in [2.45, 2.75) is 31.8 Å². The summed E-state index contributed by atoms with van der Waals surface area (Å²) in [7, 11) is 0. The molecule has 70 valence electrons. The van der Waals surface area contributed by atoms with Gasteiger partial charge in [0.1, 0.15) is 6.04 Å². The fourth-order valence-electron chi connectivity index (χ4n) is 1.03. The average Bonchev–Trinajstić information content (AvgIpc) is 2.14. The molecule has 2 unspecified atom stereocenters. The van der Waals surface area contributed by atoms with Crippen molar-refractivity contribution in [3.8, 4) is 0 Å². The number of aliphatic imine (C=N–C) groups is 2. The molecule has 0 saturated carbocycles. The summed E-state index contributed by atoms with van der Waals surface area (Å²) in [4.78, 5) is 27.1. The second-order valence-electron chi connectivity index (χ2n) is 2.52. The molecule has 0 N–H and O–H groups in total. The maximum Gasteiger partial charge on any atom is 0.235 e. The topological polar surface area (TPSA) is 58.9 Å². The van der Waals surface area contributed by atoms with Gasteiger partial charge >= 0.3 is 0 Å². The predicted octanol–water partition coefficient (Wildman–Crippen LogP) is 1.38. The Hall–Kier alpha value is -1.50. The van der Waals surface area contributed by atoms with Crippen LogP contribution in [0.25, 0.3) is 0 Å². The number of hydrogen-bond acceptors (Lipinski definition) is 4. The van der Waals surface area contributed by atoms with Crippen molar-refractivity contribution < 1.29 is 9.59 Å². The standard InChI is InChI=1S/C9H12N2O2/c1-3-5-9(11-7-13)8(4-2)10-6-12/h4,8-9H,2-3,5H2,1H3. The summed E-state index contributed by atoms with van der Waals surface area (Å²) in [6, 6.07) is -0.791. The van der Waals surface area contributed by atoms with Crippen molar-refractivity contribution in [2.24, 2.45) is 9.98 Å². The molecule has 2 atom stereocenters. The zero-order valence-corrected chi connectivity index (χ0v) is 7.56. The minimum absolute atomic E-state index is 0.332. The van der Waals surface area contributed by atoms with Gasteiger partial charge in [-0.05, 0) is 6.42 Å². The highest BCUT2D eigenvalue weighted by atomic mass is 16.1. The van der Waals surface area contributed by atoms with Crippen LogP contribution in [0.2, 0.25) is 0 Å². The fraction of sp³-hybridized carbons (Fsp3) is 0.556. The molecule has 0 spiro atoms. The highest BCUT2D eigenvalue weighted by molar-refractivity contribution is 5.37. The Morgan fingerprint density at radius 2 is 2.00 bits per heavy atom. The van der Waals surface area contributed by atoms with Crippen molar-refractivity contribution in [1.82, 2.24) is 0 Å². The third kappa shape index (κ3) is 4.16. The lowest BCUT2D eigenvalue weighted by molar-refractivity contribution is 0.519. The molecule has 0 bridgehead atoms. The summed E-state index contributed by atoms with van der Waals surface area (Å²) in [6.07, 6.45) is 5.90. The SMILES string of the molecule is C=CC(N=C=O)C(CCC)N=C=O. The van der Waals surface area contributed by atoms with Gasteiger partial charge in [0, 0.05) is 0 Å². The summed E-state index contributed by atoms with van der Waals surface area (Å²) < 4.78 is 0. The zero-order chi connectivity index (χ0) is 10.1. The molecule has 4 heteroatoms. The summed E-state index contributed by atoms with van der Waals surface area (Å²) in [5.74, 6) is 0. The molecule has 0 heterocycles. The van der Waals surface area contributed by atoms with Crippen molar-refractivity contribution in [1.29, 1.82) is 0 Å². The first-order valence-electron chi connectivity index (χ1n) is 4.06.